The minimum atomic E-state index is -4.35. The number of nitrogens with zero attached hydrogens (tertiary/aromatic N) is 2. The number of aryl methyl sites for hydroxylation is 2. The fraction of sp³-hybridized carbons (Fsp3) is 0.400. The molecule has 0 aromatic carbocycles. The van der Waals surface area contributed by atoms with Crippen LogP contribution in [0.3, 0.4) is 0 Å². The van der Waals surface area contributed by atoms with Crippen LogP contribution in [0.1, 0.15) is 22.8 Å². The lowest BCUT2D eigenvalue weighted by Gasteiger charge is -2.00. The van der Waals surface area contributed by atoms with Crippen LogP contribution >= 0.6 is 22.6 Å². The van der Waals surface area contributed by atoms with Crippen LogP contribution in [0.2, 0.25) is 0 Å². The van der Waals surface area contributed by atoms with Crippen LogP contribution < -0.4 is 0 Å². The second kappa shape index (κ2) is 6.23. The van der Waals surface area contributed by atoms with Crippen molar-refractivity contribution in [3.8, 4) is 0 Å². The molecule has 118 valence electrons. The molecule has 0 amide bonds. The zero-order valence-corrected chi connectivity index (χ0v) is 12.8. The lowest BCUT2D eigenvalue weighted by molar-refractivity contribution is -0.142. The van der Waals surface area contributed by atoms with E-state index in [1.165, 1.54) is 6.92 Å². The topological polar surface area (TPSA) is 57.4 Å². The van der Waals surface area contributed by atoms with Crippen molar-refractivity contribution < 1.29 is 26.3 Å². The van der Waals surface area contributed by atoms with Crippen molar-refractivity contribution in [1.29, 1.82) is 0 Å². The Labute approximate surface area is 128 Å². The van der Waals surface area contributed by atoms with Crippen molar-refractivity contribution in [3.05, 3.63) is 32.4 Å². The third-order valence-corrected chi connectivity index (χ3v) is 3.46. The average molecular weight is 426 g/mol. The summed E-state index contributed by atoms with van der Waals surface area (Å²) in [6.07, 6.45) is -8.67. The molecule has 0 unspecified atom stereocenters. The summed E-state index contributed by atoms with van der Waals surface area (Å²) in [5, 5.41) is 10.6. The Hall–Kier alpha value is -1.27. The first kappa shape index (κ1) is 17.8. The van der Waals surface area contributed by atoms with Crippen LogP contribution in [-0.2, 0) is 12.4 Å². The molecule has 0 aliphatic carbocycles. The van der Waals surface area contributed by atoms with Crippen molar-refractivity contribution in [3.63, 3.8) is 0 Å². The molecular formula is C10H9F6IN4. The van der Waals surface area contributed by atoms with E-state index in [2.05, 4.69) is 20.4 Å². The van der Waals surface area contributed by atoms with Crippen molar-refractivity contribution in [1.82, 2.24) is 20.4 Å². The first-order chi connectivity index (χ1) is 9.43. The van der Waals surface area contributed by atoms with Gasteiger partial charge in [-0.3, -0.25) is 10.2 Å². The van der Waals surface area contributed by atoms with Crippen LogP contribution in [0.4, 0.5) is 26.3 Å². The van der Waals surface area contributed by atoms with Crippen molar-refractivity contribution in [2.75, 3.05) is 0 Å². The lowest BCUT2D eigenvalue weighted by Crippen LogP contribution is -2.07. The fourth-order valence-corrected chi connectivity index (χ4v) is 1.71. The molecule has 0 saturated heterocycles. The number of aromatic nitrogens is 4. The van der Waals surface area contributed by atoms with Gasteiger partial charge in [-0.05, 0) is 42.5 Å². The number of aromatic amines is 2. The highest BCUT2D eigenvalue weighted by molar-refractivity contribution is 14.1. The van der Waals surface area contributed by atoms with Crippen molar-refractivity contribution in [2.24, 2.45) is 0 Å². The molecule has 0 spiro atoms. The second-order valence-electron chi connectivity index (χ2n) is 3.94. The molecule has 2 heterocycles. The van der Waals surface area contributed by atoms with E-state index in [1.807, 2.05) is 0 Å². The van der Waals surface area contributed by atoms with Crippen molar-refractivity contribution in [2.45, 2.75) is 26.2 Å². The van der Waals surface area contributed by atoms with Crippen LogP contribution in [0, 0.1) is 17.4 Å². The van der Waals surface area contributed by atoms with E-state index in [0.29, 0.717) is 11.4 Å². The van der Waals surface area contributed by atoms with Crippen LogP contribution in [0.5, 0.6) is 0 Å². The zero-order valence-electron chi connectivity index (χ0n) is 10.6. The van der Waals surface area contributed by atoms with Crippen LogP contribution in [0.25, 0.3) is 0 Å². The van der Waals surface area contributed by atoms with Crippen molar-refractivity contribution >= 4 is 22.6 Å². The smallest absolute Gasteiger partial charge is 0.282 e. The summed E-state index contributed by atoms with van der Waals surface area (Å²) in [5.74, 6) is 0. The van der Waals surface area contributed by atoms with Crippen LogP contribution in [-0.4, -0.2) is 20.4 Å². The number of hydrogen-bond donors (Lipinski definition) is 2. The zero-order chi connectivity index (χ0) is 16.4. The summed E-state index contributed by atoms with van der Waals surface area (Å²) < 4.78 is 71.2. The molecule has 0 aliphatic heterocycles. The Kier molecular flexibility index (Phi) is 5.28. The highest BCUT2D eigenvalue weighted by atomic mass is 127. The Morgan fingerprint density at radius 3 is 1.71 bits per heavy atom. The highest BCUT2D eigenvalue weighted by Crippen LogP contribution is 2.31. The molecule has 0 fully saturated rings. The van der Waals surface area contributed by atoms with Gasteiger partial charge in [-0.25, -0.2) is 0 Å². The molecule has 0 atom stereocenters. The van der Waals surface area contributed by atoms with Gasteiger partial charge in [0.15, 0.2) is 11.4 Å². The summed E-state index contributed by atoms with van der Waals surface area (Å²) in [6, 6.07) is 0.958. The molecule has 4 nitrogen and oxygen atoms in total. The lowest BCUT2D eigenvalue weighted by atomic mass is 10.4. The van der Waals surface area contributed by atoms with Crippen LogP contribution in [0.15, 0.2) is 6.07 Å². The van der Waals surface area contributed by atoms with Gasteiger partial charge in [0.2, 0.25) is 0 Å². The molecule has 0 saturated carbocycles. The molecule has 2 N–H and O–H groups in total. The van der Waals surface area contributed by atoms with Gasteiger partial charge >= 0.3 is 12.4 Å². The first-order valence-corrected chi connectivity index (χ1v) is 6.37. The molecule has 21 heavy (non-hydrogen) atoms. The Bertz CT molecular complexity index is 597. The summed E-state index contributed by atoms with van der Waals surface area (Å²) in [6.45, 7) is 3.06. The maximum absolute atomic E-state index is 12.0. The Morgan fingerprint density at radius 1 is 0.952 bits per heavy atom. The van der Waals surface area contributed by atoms with E-state index < -0.39 is 23.7 Å². The van der Waals surface area contributed by atoms with E-state index >= 15 is 0 Å². The summed E-state index contributed by atoms with van der Waals surface area (Å²) in [4.78, 5) is 0. The average Bonchev–Trinajstić information content (AvgIpc) is 2.86. The molecular weight excluding hydrogens is 417 g/mol. The number of alkyl halides is 6. The molecule has 2 aromatic rings. The normalized spacial score (nSPS) is 12.0. The van der Waals surface area contributed by atoms with Gasteiger partial charge in [0.05, 0.1) is 3.57 Å². The summed E-state index contributed by atoms with van der Waals surface area (Å²) in [5.41, 5.74) is -0.856. The van der Waals surface area contributed by atoms with E-state index in [4.69, 9.17) is 0 Å². The molecule has 0 bridgehead atoms. The molecule has 0 aliphatic rings. The molecule has 11 heteroatoms. The van der Waals surface area contributed by atoms with Gasteiger partial charge in [-0.1, -0.05) is 0 Å². The fourth-order valence-electron chi connectivity index (χ4n) is 1.17. The SMILES string of the molecule is Cc1[nH]nc(C(F)(F)F)c1I.Cc1cc(C(F)(F)F)n[nH]1. The van der Waals surface area contributed by atoms with Gasteiger partial charge in [-0.15, -0.1) is 0 Å². The molecule has 0 radical (unpaired) electrons. The molecule has 2 rings (SSSR count). The number of nitrogens with one attached hydrogen (secondary N) is 2. The maximum Gasteiger partial charge on any atom is 0.436 e. The predicted molar refractivity (Wildman–Crippen MR) is 69.4 cm³/mol. The summed E-state index contributed by atoms with van der Waals surface area (Å²) in [7, 11) is 0. The predicted octanol–water partition coefficient (Wildman–Crippen LogP) is 4.08. The van der Waals surface area contributed by atoms with Gasteiger partial charge in [0, 0.05) is 11.4 Å². The first-order valence-electron chi connectivity index (χ1n) is 5.29. The third-order valence-electron chi connectivity index (χ3n) is 2.14. The van der Waals surface area contributed by atoms with E-state index in [9.17, 15) is 26.3 Å². The van der Waals surface area contributed by atoms with Gasteiger partial charge in [0.25, 0.3) is 0 Å². The standard InChI is InChI=1S/C5H4F3IN2.C5H5F3N2/c1-2-3(9)4(11-10-2)5(6,7)8;1-3-2-4(10-9-3)5(6,7)8/h1H3,(H,10,11);2H,1H3,(H,9,10). The minimum absolute atomic E-state index is 0.134. The third kappa shape index (κ3) is 4.89. The Morgan fingerprint density at radius 2 is 1.52 bits per heavy atom. The quantitative estimate of drug-likeness (QED) is 0.493. The van der Waals surface area contributed by atoms with Gasteiger partial charge in [0.1, 0.15) is 0 Å². The number of hydrogen-bond acceptors (Lipinski definition) is 2. The van der Waals surface area contributed by atoms with E-state index in [-0.39, 0.29) is 3.57 Å². The summed E-state index contributed by atoms with van der Waals surface area (Å²) >= 11 is 1.61. The number of rotatable bonds is 0. The highest BCUT2D eigenvalue weighted by Gasteiger charge is 2.36. The Balaban J connectivity index is 0.000000211. The monoisotopic (exact) mass is 426 g/mol. The molecule has 2 aromatic heterocycles. The second-order valence-corrected chi connectivity index (χ2v) is 5.02. The van der Waals surface area contributed by atoms with Gasteiger partial charge in [-0.2, -0.15) is 36.5 Å². The minimum Gasteiger partial charge on any atom is -0.282 e. The van der Waals surface area contributed by atoms with Gasteiger partial charge < -0.3 is 0 Å². The number of H-pyrrole nitrogens is 2. The number of halogens is 7. The largest absolute Gasteiger partial charge is 0.436 e. The van der Waals surface area contributed by atoms with E-state index in [1.54, 1.807) is 29.5 Å². The van der Waals surface area contributed by atoms with E-state index in [0.717, 1.165) is 6.07 Å². The maximum atomic E-state index is 12.0.